The summed E-state index contributed by atoms with van der Waals surface area (Å²) in [6, 6.07) is 14.8. The smallest absolute Gasteiger partial charge is 0.251 e. The van der Waals surface area contributed by atoms with Gasteiger partial charge in [-0.1, -0.05) is 56.6 Å². The number of benzene rings is 2. The second-order valence-electron chi connectivity index (χ2n) is 6.62. The summed E-state index contributed by atoms with van der Waals surface area (Å²) in [6.45, 7) is 7.51. The van der Waals surface area contributed by atoms with Crippen molar-refractivity contribution in [1.82, 2.24) is 5.32 Å². The van der Waals surface area contributed by atoms with Gasteiger partial charge in [0.25, 0.3) is 5.91 Å². The fraction of sp³-hybridized carbons (Fsp3) is 0.350. The third-order valence-electron chi connectivity index (χ3n) is 3.37. The fourth-order valence-corrected chi connectivity index (χ4v) is 3.13. The van der Waals surface area contributed by atoms with Gasteiger partial charge in [-0.15, -0.1) is 0 Å². The highest BCUT2D eigenvalue weighted by Crippen LogP contribution is 2.22. The van der Waals surface area contributed by atoms with Gasteiger partial charge in [0, 0.05) is 33.2 Å². The quantitative estimate of drug-likeness (QED) is 0.675. The van der Waals surface area contributed by atoms with Crippen LogP contribution in [0.1, 0.15) is 36.7 Å². The standard InChI is InChI=1S/C20H24ClNO2S/c1-20(2,3)25-12-11-22-19(23)15-8-6-9-17(13-15)24-14-16-7-4-5-10-18(16)21/h4-10,13H,11-12,14H2,1-3H3,(H,22,23). The average Bonchev–Trinajstić information content (AvgIpc) is 2.57. The van der Waals surface area contributed by atoms with Crippen molar-refractivity contribution in [3.8, 4) is 5.75 Å². The highest BCUT2D eigenvalue weighted by molar-refractivity contribution is 8.00. The zero-order chi connectivity index (χ0) is 18.3. The molecular formula is C20H24ClNO2S. The number of hydrogen-bond donors (Lipinski definition) is 1. The van der Waals surface area contributed by atoms with E-state index in [-0.39, 0.29) is 10.7 Å². The molecule has 134 valence electrons. The van der Waals surface area contributed by atoms with Crippen molar-refractivity contribution in [3.05, 3.63) is 64.7 Å². The van der Waals surface area contributed by atoms with Gasteiger partial charge in [0.05, 0.1) is 0 Å². The van der Waals surface area contributed by atoms with Crippen LogP contribution in [-0.2, 0) is 6.61 Å². The molecule has 0 saturated heterocycles. The zero-order valence-electron chi connectivity index (χ0n) is 14.8. The van der Waals surface area contributed by atoms with Gasteiger partial charge in [-0.25, -0.2) is 0 Å². The normalized spacial score (nSPS) is 11.2. The first kappa shape index (κ1) is 19.7. The highest BCUT2D eigenvalue weighted by Gasteiger charge is 2.11. The summed E-state index contributed by atoms with van der Waals surface area (Å²) < 4.78 is 5.97. The van der Waals surface area contributed by atoms with Gasteiger partial charge < -0.3 is 10.1 Å². The molecule has 1 N–H and O–H groups in total. The monoisotopic (exact) mass is 377 g/mol. The van der Waals surface area contributed by atoms with Gasteiger partial charge in [0.1, 0.15) is 12.4 Å². The summed E-state index contributed by atoms with van der Waals surface area (Å²) in [5.74, 6) is 1.45. The van der Waals surface area contributed by atoms with Crippen LogP contribution >= 0.6 is 23.4 Å². The van der Waals surface area contributed by atoms with Crippen LogP contribution in [0.5, 0.6) is 5.75 Å². The summed E-state index contributed by atoms with van der Waals surface area (Å²) in [5.41, 5.74) is 1.51. The van der Waals surface area contributed by atoms with Crippen molar-refractivity contribution < 1.29 is 9.53 Å². The zero-order valence-corrected chi connectivity index (χ0v) is 16.4. The number of hydrogen-bond acceptors (Lipinski definition) is 3. The molecule has 0 aromatic heterocycles. The van der Waals surface area contributed by atoms with Gasteiger partial charge in [0.2, 0.25) is 0 Å². The van der Waals surface area contributed by atoms with Crippen LogP contribution < -0.4 is 10.1 Å². The van der Waals surface area contributed by atoms with Crippen LogP contribution in [0.2, 0.25) is 5.02 Å². The molecule has 0 bridgehead atoms. The molecule has 2 aromatic carbocycles. The Labute approximate surface area is 159 Å². The minimum Gasteiger partial charge on any atom is -0.489 e. The molecule has 0 spiro atoms. The number of nitrogens with one attached hydrogen (secondary N) is 1. The van der Waals surface area contributed by atoms with E-state index in [9.17, 15) is 4.79 Å². The number of amides is 1. The number of halogens is 1. The van der Waals surface area contributed by atoms with Gasteiger partial charge in [-0.3, -0.25) is 4.79 Å². The number of carbonyl (C=O) groups is 1. The topological polar surface area (TPSA) is 38.3 Å². The lowest BCUT2D eigenvalue weighted by atomic mass is 10.2. The first-order chi connectivity index (χ1) is 11.8. The van der Waals surface area contributed by atoms with E-state index in [1.54, 1.807) is 12.1 Å². The number of rotatable bonds is 7. The van der Waals surface area contributed by atoms with Crippen LogP contribution in [0.25, 0.3) is 0 Å². The third-order valence-corrected chi connectivity index (χ3v) is 5.01. The summed E-state index contributed by atoms with van der Waals surface area (Å²) in [7, 11) is 0. The van der Waals surface area contributed by atoms with Gasteiger partial charge in [-0.05, 0) is 24.3 Å². The van der Waals surface area contributed by atoms with Crippen molar-refractivity contribution in [2.75, 3.05) is 12.3 Å². The Morgan fingerprint density at radius 3 is 2.64 bits per heavy atom. The molecule has 0 saturated carbocycles. The molecule has 0 aliphatic rings. The Morgan fingerprint density at radius 1 is 1.16 bits per heavy atom. The van der Waals surface area contributed by atoms with Crippen molar-refractivity contribution in [1.29, 1.82) is 0 Å². The molecule has 0 radical (unpaired) electrons. The number of thioether (sulfide) groups is 1. The molecule has 0 unspecified atom stereocenters. The largest absolute Gasteiger partial charge is 0.489 e. The Morgan fingerprint density at radius 2 is 1.92 bits per heavy atom. The predicted molar refractivity (Wildman–Crippen MR) is 107 cm³/mol. The third kappa shape index (κ3) is 7.00. The maximum Gasteiger partial charge on any atom is 0.251 e. The Bertz CT molecular complexity index is 713. The Hall–Kier alpha value is -1.65. The maximum atomic E-state index is 12.3. The fourth-order valence-electron chi connectivity index (χ4n) is 2.13. The Kier molecular flexibility index (Phi) is 7.21. The second-order valence-corrected chi connectivity index (χ2v) is 8.95. The molecule has 0 heterocycles. The predicted octanol–water partition coefficient (Wildman–Crippen LogP) is 5.18. The molecule has 3 nitrogen and oxygen atoms in total. The van der Waals surface area contributed by atoms with Crippen LogP contribution in [0.4, 0.5) is 0 Å². The van der Waals surface area contributed by atoms with Crippen molar-refractivity contribution >= 4 is 29.3 Å². The molecule has 1 amide bonds. The molecule has 0 aliphatic heterocycles. The lowest BCUT2D eigenvalue weighted by molar-refractivity contribution is 0.0955. The van der Waals surface area contributed by atoms with Crippen LogP contribution in [-0.4, -0.2) is 23.0 Å². The number of carbonyl (C=O) groups excluding carboxylic acids is 1. The van der Waals surface area contributed by atoms with E-state index in [0.717, 1.165) is 11.3 Å². The summed E-state index contributed by atoms with van der Waals surface area (Å²) >= 11 is 7.96. The SMILES string of the molecule is CC(C)(C)SCCNC(=O)c1cccc(OCc2ccccc2Cl)c1. The lowest BCUT2D eigenvalue weighted by Gasteiger charge is -2.17. The van der Waals surface area contributed by atoms with Gasteiger partial charge in [-0.2, -0.15) is 11.8 Å². The maximum absolute atomic E-state index is 12.3. The lowest BCUT2D eigenvalue weighted by Crippen LogP contribution is -2.26. The molecule has 25 heavy (non-hydrogen) atoms. The van der Waals surface area contributed by atoms with Crippen molar-refractivity contribution in [3.63, 3.8) is 0 Å². The van der Waals surface area contributed by atoms with Gasteiger partial charge in [0.15, 0.2) is 0 Å². The summed E-state index contributed by atoms with van der Waals surface area (Å²) in [4.78, 5) is 12.3. The molecule has 2 rings (SSSR count). The molecule has 0 atom stereocenters. The molecule has 0 aliphatic carbocycles. The highest BCUT2D eigenvalue weighted by atomic mass is 35.5. The first-order valence-electron chi connectivity index (χ1n) is 8.23. The first-order valence-corrected chi connectivity index (χ1v) is 9.60. The van der Waals surface area contributed by atoms with E-state index in [1.165, 1.54) is 0 Å². The van der Waals surface area contributed by atoms with E-state index in [2.05, 4.69) is 26.1 Å². The van der Waals surface area contributed by atoms with E-state index in [1.807, 2.05) is 48.2 Å². The van der Waals surface area contributed by atoms with Crippen LogP contribution in [0.3, 0.4) is 0 Å². The molecule has 2 aromatic rings. The average molecular weight is 378 g/mol. The van der Waals surface area contributed by atoms with Crippen molar-refractivity contribution in [2.24, 2.45) is 0 Å². The minimum atomic E-state index is -0.0855. The van der Waals surface area contributed by atoms with E-state index < -0.39 is 0 Å². The molecule has 0 fully saturated rings. The van der Waals surface area contributed by atoms with E-state index >= 15 is 0 Å². The number of ether oxygens (including phenoxy) is 1. The van der Waals surface area contributed by atoms with Crippen LogP contribution in [0.15, 0.2) is 48.5 Å². The van der Waals surface area contributed by atoms with Crippen LogP contribution in [0, 0.1) is 0 Å². The van der Waals surface area contributed by atoms with Gasteiger partial charge >= 0.3 is 0 Å². The van der Waals surface area contributed by atoms with Crippen molar-refractivity contribution in [2.45, 2.75) is 32.1 Å². The minimum absolute atomic E-state index is 0.0855. The van der Waals surface area contributed by atoms with E-state index in [0.29, 0.717) is 29.5 Å². The second kappa shape index (κ2) is 9.16. The van der Waals surface area contributed by atoms with E-state index in [4.69, 9.17) is 16.3 Å². The molecular weight excluding hydrogens is 354 g/mol. The molecule has 5 heteroatoms. The summed E-state index contributed by atoms with van der Waals surface area (Å²) in [5, 5.41) is 3.62. The summed E-state index contributed by atoms with van der Waals surface area (Å²) in [6.07, 6.45) is 0. The Balaban J connectivity index is 1.87.